The molecule has 1 fully saturated rings. The first-order chi connectivity index (χ1) is 6.72. The molecule has 1 aliphatic carbocycles. The molecule has 3 nitrogen and oxygen atoms in total. The molecule has 76 valence electrons. The van der Waals surface area contributed by atoms with Crippen molar-refractivity contribution < 1.29 is 14.9 Å². The maximum Gasteiger partial charge on any atom is 0.122 e. The predicted molar refractivity (Wildman–Crippen MR) is 52.7 cm³/mol. The van der Waals surface area contributed by atoms with E-state index in [2.05, 4.69) is 0 Å². The van der Waals surface area contributed by atoms with Gasteiger partial charge in [0.05, 0.1) is 13.7 Å². The summed E-state index contributed by atoms with van der Waals surface area (Å²) < 4.78 is 5.21. The highest BCUT2D eigenvalue weighted by molar-refractivity contribution is 5.47. The minimum atomic E-state index is -0.163. The van der Waals surface area contributed by atoms with E-state index in [1.54, 1.807) is 25.3 Å². The van der Waals surface area contributed by atoms with Gasteiger partial charge in [0.15, 0.2) is 0 Å². The van der Waals surface area contributed by atoms with Crippen LogP contribution in [0.5, 0.6) is 11.5 Å². The molecule has 1 aromatic carbocycles. The van der Waals surface area contributed by atoms with Gasteiger partial charge in [-0.05, 0) is 31.0 Å². The Morgan fingerprint density at radius 3 is 2.64 bits per heavy atom. The Morgan fingerprint density at radius 2 is 2.14 bits per heavy atom. The van der Waals surface area contributed by atoms with Gasteiger partial charge in [-0.15, -0.1) is 0 Å². The summed E-state index contributed by atoms with van der Waals surface area (Å²) in [6.45, 7) is 0.118. The highest BCUT2D eigenvalue weighted by atomic mass is 16.5. The number of hydrogen-bond donors (Lipinski definition) is 2. The Morgan fingerprint density at radius 1 is 1.43 bits per heavy atom. The molecule has 0 amide bonds. The van der Waals surface area contributed by atoms with Crippen LogP contribution in [0.1, 0.15) is 18.4 Å². The van der Waals surface area contributed by atoms with Crippen LogP contribution in [0.25, 0.3) is 0 Å². The highest BCUT2D eigenvalue weighted by Crippen LogP contribution is 2.51. The van der Waals surface area contributed by atoms with Gasteiger partial charge >= 0.3 is 0 Å². The summed E-state index contributed by atoms with van der Waals surface area (Å²) in [4.78, 5) is 0. The van der Waals surface area contributed by atoms with Crippen LogP contribution in [0, 0.1) is 0 Å². The molecule has 0 heterocycles. The van der Waals surface area contributed by atoms with E-state index < -0.39 is 0 Å². The molecule has 0 saturated heterocycles. The smallest absolute Gasteiger partial charge is 0.122 e. The van der Waals surface area contributed by atoms with E-state index >= 15 is 0 Å². The predicted octanol–water partition coefficient (Wildman–Crippen LogP) is 1.42. The first kappa shape index (κ1) is 9.34. The molecule has 2 N–H and O–H groups in total. The number of aliphatic hydroxyl groups is 1. The second kappa shape index (κ2) is 3.17. The second-order valence-electron chi connectivity index (χ2n) is 3.82. The van der Waals surface area contributed by atoms with E-state index in [9.17, 15) is 10.2 Å². The molecule has 1 aromatic rings. The fourth-order valence-electron chi connectivity index (χ4n) is 1.77. The largest absolute Gasteiger partial charge is 0.508 e. The number of aliphatic hydroxyl groups excluding tert-OH is 1. The number of benzene rings is 1. The molecular weight excluding hydrogens is 180 g/mol. The van der Waals surface area contributed by atoms with Crippen molar-refractivity contribution in [2.24, 2.45) is 0 Å². The topological polar surface area (TPSA) is 49.7 Å². The van der Waals surface area contributed by atoms with Gasteiger partial charge in [0.2, 0.25) is 0 Å². The van der Waals surface area contributed by atoms with Gasteiger partial charge in [-0.1, -0.05) is 0 Å². The van der Waals surface area contributed by atoms with Gasteiger partial charge in [-0.3, -0.25) is 0 Å². The van der Waals surface area contributed by atoms with Gasteiger partial charge < -0.3 is 14.9 Å². The molecule has 0 unspecified atom stereocenters. The van der Waals surface area contributed by atoms with Crippen molar-refractivity contribution >= 4 is 0 Å². The van der Waals surface area contributed by atoms with Crippen molar-refractivity contribution in [2.45, 2.75) is 18.3 Å². The number of phenolic OH excluding ortho intramolecular Hbond substituents is 1. The lowest BCUT2D eigenvalue weighted by atomic mass is 9.96. The van der Waals surface area contributed by atoms with Crippen LogP contribution in [0.2, 0.25) is 0 Å². The van der Waals surface area contributed by atoms with Crippen LogP contribution >= 0.6 is 0 Å². The van der Waals surface area contributed by atoms with Gasteiger partial charge in [-0.2, -0.15) is 0 Å². The lowest BCUT2D eigenvalue weighted by Crippen LogP contribution is -2.13. The van der Waals surface area contributed by atoms with Crippen LogP contribution in [-0.4, -0.2) is 23.9 Å². The molecule has 2 rings (SSSR count). The molecule has 0 bridgehead atoms. The van der Waals surface area contributed by atoms with E-state index in [4.69, 9.17) is 4.74 Å². The normalized spacial score (nSPS) is 17.9. The molecule has 0 atom stereocenters. The summed E-state index contributed by atoms with van der Waals surface area (Å²) in [5.74, 6) is 0.967. The summed E-state index contributed by atoms with van der Waals surface area (Å²) in [7, 11) is 1.60. The maximum atomic E-state index is 9.38. The van der Waals surface area contributed by atoms with E-state index in [0.29, 0.717) is 0 Å². The minimum Gasteiger partial charge on any atom is -0.508 e. The van der Waals surface area contributed by atoms with Crippen LogP contribution < -0.4 is 4.74 Å². The Kier molecular flexibility index (Phi) is 2.11. The Bertz CT molecular complexity index is 342. The highest BCUT2D eigenvalue weighted by Gasteiger charge is 2.45. The van der Waals surface area contributed by atoms with Crippen LogP contribution in [-0.2, 0) is 5.41 Å². The molecule has 1 saturated carbocycles. The molecule has 0 radical (unpaired) electrons. The first-order valence-electron chi connectivity index (χ1n) is 4.70. The quantitative estimate of drug-likeness (QED) is 0.765. The second-order valence-corrected chi connectivity index (χ2v) is 3.82. The van der Waals surface area contributed by atoms with Crippen molar-refractivity contribution in [3.05, 3.63) is 23.8 Å². The number of phenols is 1. The summed E-state index contributed by atoms with van der Waals surface area (Å²) in [5.41, 5.74) is 0.756. The molecule has 0 aliphatic heterocycles. The van der Waals surface area contributed by atoms with Crippen LogP contribution in [0.15, 0.2) is 18.2 Å². The average molecular weight is 194 g/mol. The lowest BCUT2D eigenvalue weighted by molar-refractivity contribution is 0.251. The standard InChI is InChI=1S/C11H14O3/c1-14-10-3-2-8(13)6-9(10)11(7-12)4-5-11/h2-3,6,12-13H,4-5,7H2,1H3. The zero-order chi connectivity index (χ0) is 10.2. The molecule has 3 heteroatoms. The number of ether oxygens (including phenoxy) is 1. The fourth-order valence-corrected chi connectivity index (χ4v) is 1.77. The van der Waals surface area contributed by atoms with E-state index in [0.717, 1.165) is 24.2 Å². The van der Waals surface area contributed by atoms with Gasteiger partial charge in [0, 0.05) is 11.0 Å². The lowest BCUT2D eigenvalue weighted by Gasteiger charge is -2.16. The SMILES string of the molecule is COc1ccc(O)cc1C1(CO)CC1. The van der Waals surface area contributed by atoms with Crippen molar-refractivity contribution in [3.8, 4) is 11.5 Å². The van der Waals surface area contributed by atoms with Gasteiger partial charge in [0.25, 0.3) is 0 Å². The number of hydrogen-bond acceptors (Lipinski definition) is 3. The molecule has 0 aromatic heterocycles. The van der Waals surface area contributed by atoms with Crippen molar-refractivity contribution in [2.75, 3.05) is 13.7 Å². The maximum absolute atomic E-state index is 9.38. The zero-order valence-corrected chi connectivity index (χ0v) is 8.16. The summed E-state index contributed by atoms with van der Waals surface area (Å²) in [5, 5.41) is 18.7. The fraction of sp³-hybridized carbons (Fsp3) is 0.455. The Hall–Kier alpha value is -1.22. The van der Waals surface area contributed by atoms with Crippen molar-refractivity contribution in [3.63, 3.8) is 0 Å². The van der Waals surface area contributed by atoms with E-state index in [1.807, 2.05) is 0 Å². The number of aromatic hydroxyl groups is 1. The summed E-state index contributed by atoms with van der Waals surface area (Å²) in [6, 6.07) is 5.01. The molecule has 0 spiro atoms. The molecule has 14 heavy (non-hydrogen) atoms. The molecular formula is C11H14O3. The van der Waals surface area contributed by atoms with E-state index in [-0.39, 0.29) is 17.8 Å². The third kappa shape index (κ3) is 1.34. The van der Waals surface area contributed by atoms with Gasteiger partial charge in [0.1, 0.15) is 11.5 Å². The van der Waals surface area contributed by atoms with Crippen molar-refractivity contribution in [1.82, 2.24) is 0 Å². The van der Waals surface area contributed by atoms with Gasteiger partial charge in [-0.25, -0.2) is 0 Å². The third-order valence-corrected chi connectivity index (χ3v) is 2.91. The van der Waals surface area contributed by atoms with Crippen LogP contribution in [0.3, 0.4) is 0 Å². The number of methoxy groups -OCH3 is 1. The average Bonchev–Trinajstić information content (AvgIpc) is 2.98. The molecule has 1 aliphatic rings. The summed E-state index contributed by atoms with van der Waals surface area (Å²) in [6.07, 6.45) is 1.92. The Labute approximate surface area is 83.0 Å². The third-order valence-electron chi connectivity index (χ3n) is 2.91. The van der Waals surface area contributed by atoms with Crippen molar-refractivity contribution in [1.29, 1.82) is 0 Å². The number of rotatable bonds is 3. The van der Waals surface area contributed by atoms with Crippen LogP contribution in [0.4, 0.5) is 0 Å². The monoisotopic (exact) mass is 194 g/mol. The summed E-state index contributed by atoms with van der Waals surface area (Å²) >= 11 is 0. The zero-order valence-electron chi connectivity index (χ0n) is 8.16. The first-order valence-corrected chi connectivity index (χ1v) is 4.70. The minimum absolute atomic E-state index is 0.118. The van der Waals surface area contributed by atoms with E-state index in [1.165, 1.54) is 0 Å². The Balaban J connectivity index is 2.44.